The van der Waals surface area contributed by atoms with E-state index in [0.717, 1.165) is 49.7 Å². The molecular formula is C19H32Cl2N4O. The van der Waals surface area contributed by atoms with Crippen molar-refractivity contribution in [3.8, 4) is 0 Å². The number of pyridine rings is 1. The Balaban J connectivity index is 0.00000169. The van der Waals surface area contributed by atoms with Crippen LogP contribution in [0.5, 0.6) is 0 Å². The number of carbonyl (C=O) groups is 1. The molecule has 2 fully saturated rings. The zero-order valence-electron chi connectivity index (χ0n) is 15.5. The number of piperidine rings is 1. The first-order valence-electron chi connectivity index (χ1n) is 9.35. The Hall–Kier alpha value is -1.04. The summed E-state index contributed by atoms with van der Waals surface area (Å²) in [6.07, 6.45) is 7.54. The number of rotatable bonds is 5. The molecule has 3 rings (SSSR count). The number of hydrogen-bond donors (Lipinski definition) is 2. The van der Waals surface area contributed by atoms with Crippen LogP contribution in [0.2, 0.25) is 0 Å². The Morgan fingerprint density at radius 3 is 2.58 bits per heavy atom. The number of hydrogen-bond acceptors (Lipinski definition) is 4. The first-order chi connectivity index (χ1) is 11.7. The van der Waals surface area contributed by atoms with Crippen molar-refractivity contribution in [1.29, 1.82) is 0 Å². The lowest BCUT2D eigenvalue weighted by atomic mass is 9.95. The van der Waals surface area contributed by atoms with E-state index in [1.807, 2.05) is 6.20 Å². The van der Waals surface area contributed by atoms with Crippen molar-refractivity contribution >= 4 is 36.5 Å². The van der Waals surface area contributed by atoms with E-state index in [1.54, 1.807) is 0 Å². The van der Waals surface area contributed by atoms with Gasteiger partial charge in [0, 0.05) is 31.7 Å². The van der Waals surface area contributed by atoms with E-state index in [2.05, 4.69) is 34.3 Å². The van der Waals surface area contributed by atoms with Crippen molar-refractivity contribution in [2.24, 2.45) is 23.5 Å². The van der Waals surface area contributed by atoms with Crippen LogP contribution in [0.1, 0.15) is 44.6 Å². The van der Waals surface area contributed by atoms with Gasteiger partial charge >= 0.3 is 0 Å². The van der Waals surface area contributed by atoms with Crippen LogP contribution in [-0.4, -0.2) is 30.5 Å². The third-order valence-corrected chi connectivity index (χ3v) is 5.68. The topological polar surface area (TPSA) is 71.2 Å². The fourth-order valence-corrected chi connectivity index (χ4v) is 3.93. The maximum Gasteiger partial charge on any atom is 0.223 e. The number of aromatic nitrogens is 1. The first kappa shape index (κ1) is 23.0. The predicted molar refractivity (Wildman–Crippen MR) is 111 cm³/mol. The second-order valence-corrected chi connectivity index (χ2v) is 7.45. The molecule has 0 spiro atoms. The Labute approximate surface area is 169 Å². The van der Waals surface area contributed by atoms with Gasteiger partial charge in [0.15, 0.2) is 0 Å². The normalized spacial score (nSPS) is 23.1. The van der Waals surface area contributed by atoms with E-state index in [1.165, 1.54) is 12.8 Å². The zero-order valence-corrected chi connectivity index (χ0v) is 17.2. The van der Waals surface area contributed by atoms with Gasteiger partial charge in [0.1, 0.15) is 5.82 Å². The van der Waals surface area contributed by atoms with Gasteiger partial charge in [-0.05, 0) is 55.7 Å². The fraction of sp³-hybridized carbons (Fsp3) is 0.684. The molecule has 2 heterocycles. The molecule has 3 N–H and O–H groups in total. The average Bonchev–Trinajstić information content (AvgIpc) is 3.10. The van der Waals surface area contributed by atoms with E-state index >= 15 is 0 Å². The number of nitrogens with two attached hydrogens (primary N) is 1. The van der Waals surface area contributed by atoms with Gasteiger partial charge in [0.05, 0.1) is 0 Å². The largest absolute Gasteiger partial charge is 0.357 e. The molecule has 1 aromatic heterocycles. The molecule has 1 aromatic rings. The minimum absolute atomic E-state index is 0. The van der Waals surface area contributed by atoms with Crippen LogP contribution in [0.3, 0.4) is 0 Å². The van der Waals surface area contributed by atoms with E-state index in [-0.39, 0.29) is 36.6 Å². The summed E-state index contributed by atoms with van der Waals surface area (Å²) >= 11 is 0. The highest BCUT2D eigenvalue weighted by atomic mass is 35.5. The summed E-state index contributed by atoms with van der Waals surface area (Å²) in [6, 6.07) is 4.16. The van der Waals surface area contributed by atoms with E-state index in [0.29, 0.717) is 19.0 Å². The van der Waals surface area contributed by atoms with Gasteiger partial charge in [-0.25, -0.2) is 4.98 Å². The van der Waals surface area contributed by atoms with Crippen LogP contribution < -0.4 is 16.0 Å². The SMILES string of the molecule is CC1CCN(c2ccc(CNC(=O)[C@@H]3CCC[C@@H]3CN)cn2)CC1.Cl.Cl. The molecule has 5 nitrogen and oxygen atoms in total. The number of amides is 1. The molecule has 1 aliphatic heterocycles. The molecular weight excluding hydrogens is 371 g/mol. The van der Waals surface area contributed by atoms with Crippen LogP contribution in [0.15, 0.2) is 18.3 Å². The molecule has 1 saturated carbocycles. The number of halogens is 2. The molecule has 26 heavy (non-hydrogen) atoms. The van der Waals surface area contributed by atoms with Crippen LogP contribution in [0.25, 0.3) is 0 Å². The van der Waals surface area contributed by atoms with E-state index < -0.39 is 0 Å². The van der Waals surface area contributed by atoms with Crippen molar-refractivity contribution in [2.45, 2.75) is 45.6 Å². The van der Waals surface area contributed by atoms with Crippen molar-refractivity contribution in [3.63, 3.8) is 0 Å². The molecule has 2 aliphatic rings. The van der Waals surface area contributed by atoms with Gasteiger partial charge in [-0.15, -0.1) is 24.8 Å². The lowest BCUT2D eigenvalue weighted by Gasteiger charge is -2.31. The van der Waals surface area contributed by atoms with Gasteiger partial charge in [-0.1, -0.05) is 19.4 Å². The Morgan fingerprint density at radius 1 is 1.23 bits per heavy atom. The van der Waals surface area contributed by atoms with Crippen molar-refractivity contribution in [1.82, 2.24) is 10.3 Å². The summed E-state index contributed by atoms with van der Waals surface area (Å²) in [5.41, 5.74) is 6.83. The second-order valence-electron chi connectivity index (χ2n) is 7.45. The Bertz CT molecular complexity index is 547. The minimum atomic E-state index is 0. The van der Waals surface area contributed by atoms with Crippen LogP contribution in [0, 0.1) is 17.8 Å². The Kier molecular flexibility index (Phi) is 9.69. The van der Waals surface area contributed by atoms with Gasteiger partial charge in [0.2, 0.25) is 5.91 Å². The average molecular weight is 403 g/mol. The van der Waals surface area contributed by atoms with Gasteiger partial charge in [0.25, 0.3) is 0 Å². The predicted octanol–water partition coefficient (Wildman–Crippen LogP) is 3.15. The zero-order chi connectivity index (χ0) is 16.9. The number of nitrogens with zero attached hydrogens (tertiary/aromatic N) is 2. The first-order valence-corrected chi connectivity index (χ1v) is 9.35. The molecule has 0 unspecified atom stereocenters. The van der Waals surface area contributed by atoms with Gasteiger partial charge in [-0.3, -0.25) is 4.79 Å². The molecule has 0 aromatic carbocycles. The lowest BCUT2D eigenvalue weighted by molar-refractivity contribution is -0.126. The smallest absolute Gasteiger partial charge is 0.223 e. The summed E-state index contributed by atoms with van der Waals surface area (Å²) in [5.74, 6) is 2.47. The Morgan fingerprint density at radius 2 is 1.96 bits per heavy atom. The number of carbonyl (C=O) groups excluding carboxylic acids is 1. The summed E-state index contributed by atoms with van der Waals surface area (Å²) in [7, 11) is 0. The van der Waals surface area contributed by atoms with Crippen molar-refractivity contribution < 1.29 is 4.79 Å². The number of nitrogens with one attached hydrogen (secondary N) is 1. The molecule has 1 amide bonds. The van der Waals surface area contributed by atoms with Crippen LogP contribution in [0.4, 0.5) is 5.82 Å². The summed E-state index contributed by atoms with van der Waals surface area (Å²) in [6.45, 7) is 5.66. The fourth-order valence-electron chi connectivity index (χ4n) is 3.93. The summed E-state index contributed by atoms with van der Waals surface area (Å²) in [5, 5.41) is 3.06. The van der Waals surface area contributed by atoms with Crippen molar-refractivity contribution in [3.05, 3.63) is 23.9 Å². The van der Waals surface area contributed by atoms with Gasteiger partial charge in [-0.2, -0.15) is 0 Å². The quantitative estimate of drug-likeness (QED) is 0.793. The maximum absolute atomic E-state index is 12.3. The highest BCUT2D eigenvalue weighted by molar-refractivity contribution is 5.85. The van der Waals surface area contributed by atoms with E-state index in [9.17, 15) is 4.79 Å². The van der Waals surface area contributed by atoms with E-state index in [4.69, 9.17) is 5.73 Å². The molecule has 0 bridgehead atoms. The molecule has 148 valence electrons. The molecule has 1 aliphatic carbocycles. The number of anilines is 1. The summed E-state index contributed by atoms with van der Waals surface area (Å²) in [4.78, 5) is 19.3. The molecule has 2 atom stereocenters. The maximum atomic E-state index is 12.3. The van der Waals surface area contributed by atoms with Crippen LogP contribution in [-0.2, 0) is 11.3 Å². The monoisotopic (exact) mass is 402 g/mol. The molecule has 7 heteroatoms. The molecule has 1 saturated heterocycles. The third kappa shape index (κ3) is 5.73. The van der Waals surface area contributed by atoms with Gasteiger partial charge < -0.3 is 16.0 Å². The highest BCUT2D eigenvalue weighted by Gasteiger charge is 2.31. The minimum Gasteiger partial charge on any atom is -0.357 e. The van der Waals surface area contributed by atoms with Crippen molar-refractivity contribution in [2.75, 3.05) is 24.5 Å². The third-order valence-electron chi connectivity index (χ3n) is 5.68. The second kappa shape index (κ2) is 11.0. The van der Waals surface area contributed by atoms with Crippen LogP contribution >= 0.6 is 24.8 Å². The summed E-state index contributed by atoms with van der Waals surface area (Å²) < 4.78 is 0. The lowest BCUT2D eigenvalue weighted by Crippen LogP contribution is -2.35. The highest BCUT2D eigenvalue weighted by Crippen LogP contribution is 2.31. The molecule has 0 radical (unpaired) electrons. The standard InChI is InChI=1S/C19H30N4O.2ClH/c1-14-7-9-23(10-8-14)18-6-5-15(12-21-18)13-22-19(24)17-4-2-3-16(17)11-20;;/h5-6,12,14,16-17H,2-4,7-11,13,20H2,1H3,(H,22,24);2*1H/t16-,17-;;/m1../s1.